The third-order valence-electron chi connectivity index (χ3n) is 4.08. The number of rotatable bonds is 3. The summed E-state index contributed by atoms with van der Waals surface area (Å²) in [6.07, 6.45) is 0. The Morgan fingerprint density at radius 3 is 2.68 bits per heavy atom. The Bertz CT molecular complexity index is 834. The van der Waals surface area contributed by atoms with Crippen molar-refractivity contribution in [2.45, 2.75) is 26.7 Å². The number of nitrogens with one attached hydrogen (secondary N) is 1. The maximum atomic E-state index is 6.16. The normalized spacial score (nSPS) is 11.3. The summed E-state index contributed by atoms with van der Waals surface area (Å²) in [6.45, 7) is 6.39. The predicted octanol–water partition coefficient (Wildman–Crippen LogP) is 4.25. The van der Waals surface area contributed by atoms with Crippen molar-refractivity contribution in [3.63, 3.8) is 0 Å². The minimum absolute atomic E-state index is 0.372. The minimum Gasteiger partial charge on any atom is -0.496 e. The zero-order chi connectivity index (χ0) is 15.9. The van der Waals surface area contributed by atoms with Gasteiger partial charge in [-0.05, 0) is 48.2 Å². The van der Waals surface area contributed by atoms with E-state index in [1.807, 2.05) is 18.2 Å². The lowest BCUT2D eigenvalue weighted by atomic mass is 9.94. The Morgan fingerprint density at radius 1 is 1.23 bits per heavy atom. The standard InChI is InChI=1S/C18H21N3O/c1-10(2)12-9-13(11(3)8-16(12)22-4)18-17-14(19)6-5-7-15(17)20-21-18/h5-10H,19H2,1-4H3,(H,20,21). The molecule has 0 atom stereocenters. The molecule has 0 aliphatic carbocycles. The predicted molar refractivity (Wildman–Crippen MR) is 91.3 cm³/mol. The fourth-order valence-electron chi connectivity index (χ4n) is 2.88. The highest BCUT2D eigenvalue weighted by Crippen LogP contribution is 2.37. The molecule has 1 aromatic heterocycles. The van der Waals surface area contributed by atoms with E-state index in [9.17, 15) is 0 Å². The molecule has 0 fully saturated rings. The van der Waals surface area contributed by atoms with Gasteiger partial charge in [-0.15, -0.1) is 0 Å². The van der Waals surface area contributed by atoms with Crippen LogP contribution in [0.4, 0.5) is 5.69 Å². The highest BCUT2D eigenvalue weighted by Gasteiger charge is 2.17. The molecule has 3 rings (SSSR count). The summed E-state index contributed by atoms with van der Waals surface area (Å²) in [5.41, 5.74) is 12.1. The lowest BCUT2D eigenvalue weighted by Gasteiger charge is -2.15. The van der Waals surface area contributed by atoms with Crippen LogP contribution in [0.15, 0.2) is 30.3 Å². The lowest BCUT2D eigenvalue weighted by Crippen LogP contribution is -1.97. The largest absolute Gasteiger partial charge is 0.496 e. The van der Waals surface area contributed by atoms with Crippen LogP contribution in [-0.2, 0) is 0 Å². The molecule has 0 bridgehead atoms. The molecule has 22 heavy (non-hydrogen) atoms. The monoisotopic (exact) mass is 295 g/mol. The van der Waals surface area contributed by atoms with Crippen molar-refractivity contribution in [2.24, 2.45) is 0 Å². The van der Waals surface area contributed by atoms with E-state index >= 15 is 0 Å². The van der Waals surface area contributed by atoms with Gasteiger partial charge in [-0.2, -0.15) is 5.10 Å². The number of aromatic nitrogens is 2. The van der Waals surface area contributed by atoms with E-state index in [1.165, 1.54) is 5.56 Å². The lowest BCUT2D eigenvalue weighted by molar-refractivity contribution is 0.407. The van der Waals surface area contributed by atoms with Crippen LogP contribution < -0.4 is 10.5 Å². The van der Waals surface area contributed by atoms with Gasteiger partial charge in [0, 0.05) is 11.3 Å². The van der Waals surface area contributed by atoms with Crippen LogP contribution in [0.2, 0.25) is 0 Å². The quantitative estimate of drug-likeness (QED) is 0.710. The van der Waals surface area contributed by atoms with Gasteiger partial charge in [0.05, 0.1) is 18.0 Å². The molecule has 3 N–H and O–H groups in total. The van der Waals surface area contributed by atoms with Crippen molar-refractivity contribution in [2.75, 3.05) is 12.8 Å². The number of aryl methyl sites for hydroxylation is 1. The van der Waals surface area contributed by atoms with E-state index in [4.69, 9.17) is 10.5 Å². The smallest absolute Gasteiger partial charge is 0.122 e. The van der Waals surface area contributed by atoms with E-state index in [0.29, 0.717) is 5.92 Å². The maximum Gasteiger partial charge on any atom is 0.122 e. The Balaban J connectivity index is 2.29. The van der Waals surface area contributed by atoms with Gasteiger partial charge in [0.25, 0.3) is 0 Å². The van der Waals surface area contributed by atoms with Gasteiger partial charge in [0.1, 0.15) is 11.4 Å². The van der Waals surface area contributed by atoms with Crippen molar-refractivity contribution < 1.29 is 4.74 Å². The summed E-state index contributed by atoms with van der Waals surface area (Å²) in [7, 11) is 1.71. The van der Waals surface area contributed by atoms with Gasteiger partial charge < -0.3 is 10.5 Å². The highest BCUT2D eigenvalue weighted by molar-refractivity contribution is 6.01. The van der Waals surface area contributed by atoms with Crippen LogP contribution in [0.5, 0.6) is 5.75 Å². The topological polar surface area (TPSA) is 63.9 Å². The first-order valence-electron chi connectivity index (χ1n) is 7.44. The number of hydrogen-bond acceptors (Lipinski definition) is 3. The average molecular weight is 295 g/mol. The summed E-state index contributed by atoms with van der Waals surface area (Å²) < 4.78 is 5.52. The summed E-state index contributed by atoms with van der Waals surface area (Å²) >= 11 is 0. The van der Waals surface area contributed by atoms with E-state index < -0.39 is 0 Å². The van der Waals surface area contributed by atoms with E-state index in [2.05, 4.69) is 43.1 Å². The van der Waals surface area contributed by atoms with Crippen molar-refractivity contribution in [1.82, 2.24) is 10.2 Å². The molecular formula is C18H21N3O. The molecule has 0 aliphatic heterocycles. The number of ether oxygens (including phenoxy) is 1. The molecule has 0 aliphatic rings. The number of H-pyrrole nitrogens is 1. The summed E-state index contributed by atoms with van der Waals surface area (Å²) in [5.74, 6) is 1.29. The van der Waals surface area contributed by atoms with Gasteiger partial charge in [-0.1, -0.05) is 19.9 Å². The molecule has 4 heteroatoms. The molecule has 0 radical (unpaired) electrons. The second kappa shape index (κ2) is 5.37. The molecule has 0 saturated carbocycles. The second-order valence-corrected chi connectivity index (χ2v) is 5.91. The van der Waals surface area contributed by atoms with Crippen molar-refractivity contribution >= 4 is 16.6 Å². The zero-order valence-electron chi connectivity index (χ0n) is 13.4. The first-order valence-corrected chi connectivity index (χ1v) is 7.44. The summed E-state index contributed by atoms with van der Waals surface area (Å²) in [6, 6.07) is 10.1. The number of aromatic amines is 1. The second-order valence-electron chi connectivity index (χ2n) is 5.91. The molecule has 0 unspecified atom stereocenters. The van der Waals surface area contributed by atoms with Crippen LogP contribution in [0.25, 0.3) is 22.2 Å². The fraction of sp³-hybridized carbons (Fsp3) is 0.278. The van der Waals surface area contributed by atoms with E-state index in [0.717, 1.165) is 39.2 Å². The molecule has 4 nitrogen and oxygen atoms in total. The number of benzene rings is 2. The molecule has 0 amide bonds. The maximum absolute atomic E-state index is 6.16. The van der Waals surface area contributed by atoms with Crippen LogP contribution >= 0.6 is 0 Å². The number of fused-ring (bicyclic) bond motifs is 1. The minimum atomic E-state index is 0.372. The Morgan fingerprint density at radius 2 is 2.00 bits per heavy atom. The zero-order valence-corrected chi connectivity index (χ0v) is 13.4. The Labute approximate surface area is 130 Å². The van der Waals surface area contributed by atoms with Gasteiger partial charge in [0.15, 0.2) is 0 Å². The molecule has 1 heterocycles. The van der Waals surface area contributed by atoms with Gasteiger partial charge in [-0.25, -0.2) is 0 Å². The van der Waals surface area contributed by atoms with Crippen LogP contribution in [0.1, 0.15) is 30.9 Å². The van der Waals surface area contributed by atoms with Crippen LogP contribution in [-0.4, -0.2) is 17.3 Å². The molecule has 3 aromatic rings. The molecule has 0 saturated heterocycles. The van der Waals surface area contributed by atoms with E-state index in [1.54, 1.807) is 7.11 Å². The fourth-order valence-corrected chi connectivity index (χ4v) is 2.88. The summed E-state index contributed by atoms with van der Waals surface area (Å²) in [5, 5.41) is 8.55. The SMILES string of the molecule is COc1cc(C)c(-c2n[nH]c3cccc(N)c23)cc1C(C)C. The first-order chi connectivity index (χ1) is 10.5. The third kappa shape index (κ3) is 2.21. The average Bonchev–Trinajstić information content (AvgIpc) is 2.91. The van der Waals surface area contributed by atoms with Crippen molar-refractivity contribution in [3.8, 4) is 17.0 Å². The number of anilines is 1. The Kier molecular flexibility index (Phi) is 3.53. The van der Waals surface area contributed by atoms with E-state index in [-0.39, 0.29) is 0 Å². The molecule has 114 valence electrons. The third-order valence-corrected chi connectivity index (χ3v) is 4.08. The summed E-state index contributed by atoms with van der Waals surface area (Å²) in [4.78, 5) is 0. The number of nitrogens with zero attached hydrogens (tertiary/aromatic N) is 1. The number of methoxy groups -OCH3 is 1. The Hall–Kier alpha value is -2.49. The van der Waals surface area contributed by atoms with Crippen LogP contribution in [0, 0.1) is 6.92 Å². The van der Waals surface area contributed by atoms with Crippen molar-refractivity contribution in [1.29, 1.82) is 0 Å². The first kappa shape index (κ1) is 14.4. The molecular weight excluding hydrogens is 274 g/mol. The van der Waals surface area contributed by atoms with Crippen molar-refractivity contribution in [3.05, 3.63) is 41.5 Å². The van der Waals surface area contributed by atoms with Gasteiger partial charge in [-0.3, -0.25) is 5.10 Å². The van der Waals surface area contributed by atoms with Gasteiger partial charge >= 0.3 is 0 Å². The molecule has 0 spiro atoms. The van der Waals surface area contributed by atoms with Crippen LogP contribution in [0.3, 0.4) is 0 Å². The highest BCUT2D eigenvalue weighted by atomic mass is 16.5. The number of hydrogen-bond donors (Lipinski definition) is 2. The van der Waals surface area contributed by atoms with Gasteiger partial charge in [0.2, 0.25) is 0 Å². The number of nitrogens with two attached hydrogens (primary N) is 1. The number of nitrogen functional groups attached to an aromatic ring is 1. The molecule has 2 aromatic carbocycles.